The highest BCUT2D eigenvalue weighted by molar-refractivity contribution is 5.80. The lowest BCUT2D eigenvalue weighted by Gasteiger charge is -2.18. The number of halogens is 1. The number of likely N-dealkylation sites (N-methyl/N-ethyl adjacent to an activating group) is 1. The molecule has 0 fully saturated rings. The smallest absolute Gasteiger partial charge is 0.125 e. The Morgan fingerprint density at radius 1 is 1.29 bits per heavy atom. The lowest BCUT2D eigenvalue weighted by molar-refractivity contribution is 0.261. The molecule has 1 aliphatic rings. The van der Waals surface area contributed by atoms with Crippen LogP contribution in [0, 0.1) is 0 Å². The molecule has 0 radical (unpaired) electrons. The maximum absolute atomic E-state index is 14.2. The summed E-state index contributed by atoms with van der Waals surface area (Å²) in [6.07, 6.45) is 3.03. The zero-order chi connectivity index (χ0) is 15.2. The molecule has 0 saturated carbocycles. The molecule has 0 aromatic heterocycles. The van der Waals surface area contributed by atoms with E-state index >= 15 is 0 Å². The van der Waals surface area contributed by atoms with Crippen molar-refractivity contribution in [3.05, 3.63) is 47.5 Å². The van der Waals surface area contributed by atoms with Crippen LogP contribution in [0.1, 0.15) is 18.4 Å². The van der Waals surface area contributed by atoms with Crippen molar-refractivity contribution in [2.24, 2.45) is 0 Å². The fourth-order valence-electron chi connectivity index (χ4n) is 2.26. The summed E-state index contributed by atoms with van der Waals surface area (Å²) in [4.78, 5) is 2.05. The third kappa shape index (κ3) is 4.08. The fourth-order valence-corrected chi connectivity index (χ4v) is 2.26. The molecule has 0 atom stereocenters. The molecular weight excluding hydrogens is 269 g/mol. The molecule has 0 N–H and O–H groups in total. The summed E-state index contributed by atoms with van der Waals surface area (Å²) in [7, 11) is 5.57. The van der Waals surface area contributed by atoms with E-state index in [9.17, 15) is 4.39 Å². The Hall–Kier alpha value is -1.81. The summed E-state index contributed by atoms with van der Waals surface area (Å²) < 4.78 is 25.2. The van der Waals surface area contributed by atoms with Crippen molar-refractivity contribution in [1.29, 1.82) is 0 Å². The molecule has 0 heterocycles. The molecule has 2 rings (SSSR count). The van der Waals surface area contributed by atoms with Gasteiger partial charge in [-0.1, -0.05) is 12.1 Å². The number of nitrogens with zero attached hydrogens (tertiary/aromatic N) is 1. The summed E-state index contributed by atoms with van der Waals surface area (Å²) >= 11 is 0. The van der Waals surface area contributed by atoms with Gasteiger partial charge in [-0.25, -0.2) is 4.39 Å². The van der Waals surface area contributed by atoms with Crippen LogP contribution >= 0.6 is 0 Å². The first kappa shape index (κ1) is 15.6. The van der Waals surface area contributed by atoms with Gasteiger partial charge in [-0.15, -0.1) is 0 Å². The highest BCUT2D eigenvalue weighted by Gasteiger charge is 2.19. The normalized spacial score (nSPS) is 15.2. The van der Waals surface area contributed by atoms with Crippen molar-refractivity contribution in [2.75, 3.05) is 34.4 Å². The van der Waals surface area contributed by atoms with Gasteiger partial charge in [-0.2, -0.15) is 0 Å². The number of rotatable bonds is 6. The predicted octanol–water partition coefficient (Wildman–Crippen LogP) is 3.63. The second-order valence-corrected chi connectivity index (χ2v) is 5.27. The quantitative estimate of drug-likeness (QED) is 0.799. The van der Waals surface area contributed by atoms with Crippen LogP contribution in [0.4, 0.5) is 4.39 Å². The summed E-state index contributed by atoms with van der Waals surface area (Å²) in [5.41, 5.74) is 1.34. The van der Waals surface area contributed by atoms with Crippen molar-refractivity contribution >= 4 is 5.57 Å². The van der Waals surface area contributed by atoms with Crippen LogP contribution in [0.2, 0.25) is 0 Å². The number of methoxy groups -OCH3 is 1. The van der Waals surface area contributed by atoms with Crippen LogP contribution in [-0.2, 0) is 4.74 Å². The SMILES string of the molecule is COC1=CCCC(F)=C1c1cccc(OCCN(C)C)c1. The summed E-state index contributed by atoms with van der Waals surface area (Å²) in [6, 6.07) is 7.51. The predicted molar refractivity (Wildman–Crippen MR) is 82.8 cm³/mol. The van der Waals surface area contributed by atoms with E-state index in [1.165, 1.54) is 0 Å². The van der Waals surface area contributed by atoms with Gasteiger partial charge in [0.05, 0.1) is 12.7 Å². The van der Waals surface area contributed by atoms with Gasteiger partial charge in [0, 0.05) is 13.0 Å². The minimum atomic E-state index is -0.125. The topological polar surface area (TPSA) is 21.7 Å². The molecule has 0 amide bonds. The minimum absolute atomic E-state index is 0.125. The molecular formula is C17H22FNO2. The van der Waals surface area contributed by atoms with Gasteiger partial charge in [-0.3, -0.25) is 0 Å². The second-order valence-electron chi connectivity index (χ2n) is 5.27. The number of hydrogen-bond acceptors (Lipinski definition) is 3. The van der Waals surface area contributed by atoms with E-state index in [1.54, 1.807) is 7.11 Å². The first-order chi connectivity index (χ1) is 10.1. The standard InChI is InChI=1S/C17H22FNO2/c1-19(2)10-11-21-14-7-4-6-13(12-14)17-15(18)8-5-9-16(17)20-3/h4,6-7,9,12H,5,8,10-11H2,1-3H3. The van der Waals surface area contributed by atoms with Crippen molar-refractivity contribution in [3.8, 4) is 5.75 Å². The molecule has 1 aromatic rings. The first-order valence-electron chi connectivity index (χ1n) is 7.13. The van der Waals surface area contributed by atoms with E-state index in [0.717, 1.165) is 17.9 Å². The molecule has 114 valence electrons. The van der Waals surface area contributed by atoms with Gasteiger partial charge in [0.25, 0.3) is 0 Å². The Labute approximate surface area is 125 Å². The maximum Gasteiger partial charge on any atom is 0.125 e. The van der Waals surface area contributed by atoms with Crippen molar-refractivity contribution < 1.29 is 13.9 Å². The molecule has 1 aliphatic carbocycles. The molecule has 21 heavy (non-hydrogen) atoms. The van der Waals surface area contributed by atoms with E-state index in [-0.39, 0.29) is 5.83 Å². The monoisotopic (exact) mass is 291 g/mol. The van der Waals surface area contributed by atoms with E-state index in [2.05, 4.69) is 4.90 Å². The third-order valence-corrected chi connectivity index (χ3v) is 3.36. The van der Waals surface area contributed by atoms with Gasteiger partial charge < -0.3 is 14.4 Å². The first-order valence-corrected chi connectivity index (χ1v) is 7.13. The van der Waals surface area contributed by atoms with E-state index < -0.39 is 0 Å². The molecule has 0 spiro atoms. The van der Waals surface area contributed by atoms with Crippen LogP contribution in [0.25, 0.3) is 5.57 Å². The Morgan fingerprint density at radius 2 is 2.10 bits per heavy atom. The summed E-state index contributed by atoms with van der Waals surface area (Å²) in [5, 5.41) is 0. The molecule has 4 heteroatoms. The van der Waals surface area contributed by atoms with Gasteiger partial charge >= 0.3 is 0 Å². The number of benzene rings is 1. The van der Waals surface area contributed by atoms with Crippen molar-refractivity contribution in [3.63, 3.8) is 0 Å². The highest BCUT2D eigenvalue weighted by atomic mass is 19.1. The van der Waals surface area contributed by atoms with E-state index in [1.807, 2.05) is 44.4 Å². The number of ether oxygens (including phenoxy) is 2. The van der Waals surface area contributed by atoms with Gasteiger partial charge in [0.1, 0.15) is 23.9 Å². The molecule has 3 nitrogen and oxygen atoms in total. The molecule has 0 bridgehead atoms. The van der Waals surface area contributed by atoms with Crippen LogP contribution in [-0.4, -0.2) is 39.3 Å². The van der Waals surface area contributed by atoms with Gasteiger partial charge in [0.2, 0.25) is 0 Å². The average Bonchev–Trinajstić information content (AvgIpc) is 2.46. The van der Waals surface area contributed by atoms with Crippen LogP contribution < -0.4 is 4.74 Å². The zero-order valence-corrected chi connectivity index (χ0v) is 12.9. The Balaban J connectivity index is 2.18. The molecule has 0 aliphatic heterocycles. The summed E-state index contributed by atoms with van der Waals surface area (Å²) in [5.74, 6) is 1.22. The zero-order valence-electron chi connectivity index (χ0n) is 12.9. The lowest BCUT2D eigenvalue weighted by atomic mass is 9.96. The highest BCUT2D eigenvalue weighted by Crippen LogP contribution is 2.35. The van der Waals surface area contributed by atoms with Gasteiger partial charge in [-0.05, 0) is 44.3 Å². The number of hydrogen-bond donors (Lipinski definition) is 0. The second kappa shape index (κ2) is 7.27. The largest absolute Gasteiger partial charge is 0.496 e. The minimum Gasteiger partial charge on any atom is -0.496 e. The van der Waals surface area contributed by atoms with Crippen molar-refractivity contribution in [2.45, 2.75) is 12.8 Å². The average molecular weight is 291 g/mol. The number of allylic oxidation sites excluding steroid dienone is 3. The van der Waals surface area contributed by atoms with Crippen molar-refractivity contribution in [1.82, 2.24) is 4.90 Å². The maximum atomic E-state index is 14.2. The molecule has 0 unspecified atom stereocenters. The van der Waals surface area contributed by atoms with E-state index in [4.69, 9.17) is 9.47 Å². The lowest BCUT2D eigenvalue weighted by Crippen LogP contribution is -2.19. The van der Waals surface area contributed by atoms with Crippen LogP contribution in [0.5, 0.6) is 5.75 Å². The Morgan fingerprint density at radius 3 is 2.81 bits per heavy atom. The van der Waals surface area contributed by atoms with Crippen LogP contribution in [0.15, 0.2) is 41.9 Å². The molecule has 1 aromatic carbocycles. The third-order valence-electron chi connectivity index (χ3n) is 3.36. The summed E-state index contributed by atoms with van der Waals surface area (Å²) in [6.45, 7) is 1.44. The van der Waals surface area contributed by atoms with Gasteiger partial charge in [0.15, 0.2) is 0 Å². The van der Waals surface area contributed by atoms with Crippen LogP contribution in [0.3, 0.4) is 0 Å². The Bertz CT molecular complexity index is 549. The Kier molecular flexibility index (Phi) is 5.39. The molecule has 0 saturated heterocycles. The van der Waals surface area contributed by atoms with E-state index in [0.29, 0.717) is 30.8 Å². The fraction of sp³-hybridized carbons (Fsp3) is 0.412.